The van der Waals surface area contributed by atoms with Crippen molar-refractivity contribution < 1.29 is 4.39 Å². The van der Waals surface area contributed by atoms with E-state index in [0.717, 1.165) is 56.1 Å². The maximum atomic E-state index is 15.1. The first-order valence-electron chi connectivity index (χ1n) is 9.90. The summed E-state index contributed by atoms with van der Waals surface area (Å²) in [5, 5.41) is 22.2. The van der Waals surface area contributed by atoms with E-state index in [1.54, 1.807) is 12.3 Å². The summed E-state index contributed by atoms with van der Waals surface area (Å²) in [5.74, 6) is 0.430. The molecule has 1 aromatic carbocycles. The van der Waals surface area contributed by atoms with E-state index in [1.807, 2.05) is 12.1 Å². The molecule has 3 aromatic rings. The first-order chi connectivity index (χ1) is 14.1. The Balaban J connectivity index is 1.56. The van der Waals surface area contributed by atoms with Crippen molar-refractivity contribution in [3.8, 4) is 11.4 Å². The number of rotatable bonds is 6. The van der Waals surface area contributed by atoms with Gasteiger partial charge >= 0.3 is 0 Å². The lowest BCUT2D eigenvalue weighted by Crippen LogP contribution is -2.46. The summed E-state index contributed by atoms with van der Waals surface area (Å²) in [6.45, 7) is 8.33. The second kappa shape index (κ2) is 8.60. The minimum atomic E-state index is -0.304. The fourth-order valence-electron chi connectivity index (χ4n) is 3.77. The number of benzene rings is 1. The summed E-state index contributed by atoms with van der Waals surface area (Å²) < 4.78 is 15.1. The molecular formula is C20H25FN8. The molecule has 1 fully saturated rings. The van der Waals surface area contributed by atoms with Crippen LogP contribution in [-0.4, -0.2) is 61.9 Å². The highest BCUT2D eigenvalue weighted by Gasteiger charge is 2.24. The third-order valence-corrected chi connectivity index (χ3v) is 5.07. The summed E-state index contributed by atoms with van der Waals surface area (Å²) in [6, 6.07) is 7.56. The van der Waals surface area contributed by atoms with Crippen molar-refractivity contribution in [3.63, 3.8) is 0 Å². The van der Waals surface area contributed by atoms with Crippen molar-refractivity contribution in [1.29, 1.82) is 0 Å². The van der Waals surface area contributed by atoms with Crippen molar-refractivity contribution in [2.24, 2.45) is 5.92 Å². The summed E-state index contributed by atoms with van der Waals surface area (Å²) in [4.78, 5) is 4.55. The molecule has 9 heteroatoms. The lowest BCUT2D eigenvalue weighted by molar-refractivity contribution is 0.246. The van der Waals surface area contributed by atoms with E-state index in [9.17, 15) is 0 Å². The summed E-state index contributed by atoms with van der Waals surface area (Å²) >= 11 is 0. The van der Waals surface area contributed by atoms with Crippen molar-refractivity contribution in [2.75, 3.05) is 31.1 Å². The van der Waals surface area contributed by atoms with Crippen LogP contribution in [0.5, 0.6) is 0 Å². The second-order valence-corrected chi connectivity index (χ2v) is 7.78. The monoisotopic (exact) mass is 396 g/mol. The predicted octanol–water partition coefficient (Wildman–Crippen LogP) is 2.32. The molecule has 0 amide bonds. The Morgan fingerprint density at radius 1 is 1.14 bits per heavy atom. The van der Waals surface area contributed by atoms with Crippen LogP contribution in [0.2, 0.25) is 0 Å². The number of aromatic nitrogens is 6. The highest BCUT2D eigenvalue weighted by molar-refractivity contribution is 5.75. The van der Waals surface area contributed by atoms with Gasteiger partial charge in [0.15, 0.2) is 0 Å². The van der Waals surface area contributed by atoms with E-state index < -0.39 is 0 Å². The van der Waals surface area contributed by atoms with Gasteiger partial charge in [0, 0.05) is 38.9 Å². The predicted molar refractivity (Wildman–Crippen MR) is 108 cm³/mol. The van der Waals surface area contributed by atoms with Crippen LogP contribution in [0.4, 0.5) is 10.1 Å². The van der Waals surface area contributed by atoms with E-state index in [4.69, 9.17) is 0 Å². The van der Waals surface area contributed by atoms with Gasteiger partial charge in [0.1, 0.15) is 5.82 Å². The molecule has 29 heavy (non-hydrogen) atoms. The third kappa shape index (κ3) is 4.56. The lowest BCUT2D eigenvalue weighted by Gasteiger charge is -2.36. The van der Waals surface area contributed by atoms with E-state index in [2.05, 4.69) is 60.5 Å². The highest BCUT2D eigenvalue weighted by Crippen LogP contribution is 2.33. The molecule has 0 saturated carbocycles. The van der Waals surface area contributed by atoms with Crippen LogP contribution in [-0.2, 0) is 13.0 Å². The number of nitrogens with zero attached hydrogens (tertiary/aromatic N) is 7. The Bertz CT molecular complexity index is 921. The van der Waals surface area contributed by atoms with Crippen LogP contribution >= 0.6 is 0 Å². The number of piperazine rings is 1. The topological polar surface area (TPSA) is 86.7 Å². The Morgan fingerprint density at radius 3 is 2.62 bits per heavy atom. The molecule has 0 atom stereocenters. The van der Waals surface area contributed by atoms with E-state index >= 15 is 4.39 Å². The van der Waals surface area contributed by atoms with Crippen LogP contribution in [0.25, 0.3) is 11.4 Å². The lowest BCUT2D eigenvalue weighted by atomic mass is 9.98. The Hall–Kier alpha value is -2.94. The average molecular weight is 396 g/mol. The fourth-order valence-corrected chi connectivity index (χ4v) is 3.77. The van der Waals surface area contributed by atoms with Crippen molar-refractivity contribution in [3.05, 3.63) is 47.5 Å². The normalized spacial score (nSPS) is 15.2. The molecule has 3 heterocycles. The zero-order chi connectivity index (χ0) is 20.2. The number of nitrogens with one attached hydrogen (secondary N) is 1. The maximum Gasteiger partial charge on any atom is 0.209 e. The maximum absolute atomic E-state index is 15.1. The highest BCUT2D eigenvalue weighted by atomic mass is 19.1. The van der Waals surface area contributed by atoms with Gasteiger partial charge in [-0.1, -0.05) is 13.8 Å². The van der Waals surface area contributed by atoms with Gasteiger partial charge in [0.25, 0.3) is 0 Å². The molecule has 0 spiro atoms. The summed E-state index contributed by atoms with van der Waals surface area (Å²) in [7, 11) is 0. The largest absolute Gasteiger partial charge is 0.368 e. The van der Waals surface area contributed by atoms with Gasteiger partial charge in [-0.2, -0.15) is 15.4 Å². The summed E-state index contributed by atoms with van der Waals surface area (Å²) in [5.41, 5.74) is 3.19. The third-order valence-electron chi connectivity index (χ3n) is 5.07. The molecule has 1 aliphatic rings. The molecule has 0 radical (unpaired) electrons. The van der Waals surface area contributed by atoms with Crippen LogP contribution in [0.1, 0.15) is 25.1 Å². The zero-order valence-corrected chi connectivity index (χ0v) is 16.7. The molecule has 152 valence electrons. The Morgan fingerprint density at radius 2 is 1.97 bits per heavy atom. The zero-order valence-electron chi connectivity index (χ0n) is 16.7. The standard InChI is InChI=1S/C20H25FN8/c1-14(2)10-15-11-17(21)19(20-24-26-27-25-20)18(12-15)29-8-6-28(7-9-29)13-16-4-3-5-22-23-16/h3-5,11-12,14H,6-10,13H2,1-2H3,(H,24,25,26,27). The van der Waals surface area contributed by atoms with Gasteiger partial charge in [0.2, 0.25) is 5.82 Å². The molecule has 1 saturated heterocycles. The molecule has 0 bridgehead atoms. The number of anilines is 1. The van der Waals surface area contributed by atoms with Gasteiger partial charge in [0.05, 0.1) is 16.9 Å². The van der Waals surface area contributed by atoms with Gasteiger partial charge < -0.3 is 4.90 Å². The molecule has 0 aliphatic carbocycles. The second-order valence-electron chi connectivity index (χ2n) is 7.78. The van der Waals surface area contributed by atoms with Gasteiger partial charge in [-0.3, -0.25) is 4.90 Å². The smallest absolute Gasteiger partial charge is 0.209 e. The average Bonchev–Trinajstić information content (AvgIpc) is 3.23. The molecule has 4 rings (SSSR count). The van der Waals surface area contributed by atoms with Crippen LogP contribution in [0.3, 0.4) is 0 Å². The molecule has 8 nitrogen and oxygen atoms in total. The number of hydrogen-bond acceptors (Lipinski definition) is 7. The minimum absolute atomic E-state index is 0.288. The Kier molecular flexibility index (Phi) is 5.75. The molecule has 1 N–H and O–H groups in total. The number of H-pyrrole nitrogens is 1. The Labute approximate surface area is 169 Å². The number of tetrazole rings is 1. The fraction of sp³-hybridized carbons (Fsp3) is 0.450. The van der Waals surface area contributed by atoms with Crippen molar-refractivity contribution >= 4 is 5.69 Å². The molecular weight excluding hydrogens is 371 g/mol. The van der Waals surface area contributed by atoms with E-state index in [-0.39, 0.29) is 11.6 Å². The van der Waals surface area contributed by atoms with Crippen LogP contribution in [0.15, 0.2) is 30.5 Å². The van der Waals surface area contributed by atoms with Crippen LogP contribution in [0, 0.1) is 11.7 Å². The van der Waals surface area contributed by atoms with E-state index in [0.29, 0.717) is 11.5 Å². The first-order valence-corrected chi connectivity index (χ1v) is 9.90. The minimum Gasteiger partial charge on any atom is -0.368 e. The van der Waals surface area contributed by atoms with Gasteiger partial charge in [-0.25, -0.2) is 4.39 Å². The molecule has 0 unspecified atom stereocenters. The van der Waals surface area contributed by atoms with Gasteiger partial charge in [-0.15, -0.1) is 10.2 Å². The van der Waals surface area contributed by atoms with Crippen LogP contribution < -0.4 is 4.90 Å². The number of hydrogen-bond donors (Lipinski definition) is 1. The number of halogens is 1. The SMILES string of the molecule is CC(C)Cc1cc(F)c(-c2nn[nH]n2)c(N2CCN(Cc3cccnn3)CC2)c1. The molecule has 1 aliphatic heterocycles. The van der Waals surface area contributed by atoms with E-state index in [1.165, 1.54) is 0 Å². The van der Waals surface area contributed by atoms with Crippen molar-refractivity contribution in [2.45, 2.75) is 26.8 Å². The number of aromatic amines is 1. The quantitative estimate of drug-likeness (QED) is 0.684. The summed E-state index contributed by atoms with van der Waals surface area (Å²) in [6.07, 6.45) is 2.50. The molecule has 2 aromatic heterocycles. The van der Waals surface area contributed by atoms with Gasteiger partial charge in [-0.05, 0) is 47.4 Å². The first kappa shape index (κ1) is 19.4. The van der Waals surface area contributed by atoms with Crippen molar-refractivity contribution in [1.82, 2.24) is 35.7 Å².